The highest BCUT2D eigenvalue weighted by Crippen LogP contribution is 2.31. The van der Waals surface area contributed by atoms with E-state index in [4.69, 9.17) is 14.2 Å². The molecule has 1 aliphatic heterocycles. The van der Waals surface area contributed by atoms with E-state index in [1.165, 1.54) is 6.92 Å². The number of amides is 2. The monoisotopic (exact) mass is 413 g/mol. The Hall–Kier alpha value is -3.26. The molecule has 3 rings (SSSR count). The predicted octanol–water partition coefficient (Wildman–Crippen LogP) is 2.43. The fourth-order valence-corrected chi connectivity index (χ4v) is 3.43. The maximum absolute atomic E-state index is 13.0. The van der Waals surface area contributed by atoms with E-state index in [2.05, 4.69) is 15.5 Å². The van der Waals surface area contributed by atoms with Gasteiger partial charge in [0.15, 0.2) is 11.5 Å². The number of carbonyl (C=O) groups excluding carboxylic acids is 2. The number of morpholine rings is 1. The summed E-state index contributed by atoms with van der Waals surface area (Å²) in [5, 5.41) is 5.74. The first-order valence-corrected chi connectivity index (χ1v) is 9.76. The quantitative estimate of drug-likeness (QED) is 0.725. The zero-order valence-corrected chi connectivity index (χ0v) is 17.5. The number of hydrogen-bond acceptors (Lipinski definition) is 6. The van der Waals surface area contributed by atoms with Crippen LogP contribution < -0.4 is 25.0 Å². The minimum Gasteiger partial charge on any atom is -0.493 e. The first kappa shape index (κ1) is 21.4. The van der Waals surface area contributed by atoms with E-state index in [1.54, 1.807) is 32.4 Å². The first-order chi connectivity index (χ1) is 14.5. The van der Waals surface area contributed by atoms with E-state index < -0.39 is 0 Å². The molecule has 0 aliphatic carbocycles. The van der Waals surface area contributed by atoms with Crippen LogP contribution >= 0.6 is 0 Å². The van der Waals surface area contributed by atoms with E-state index in [1.807, 2.05) is 18.2 Å². The highest BCUT2D eigenvalue weighted by Gasteiger charge is 2.20. The molecule has 160 valence electrons. The van der Waals surface area contributed by atoms with Crippen molar-refractivity contribution in [3.63, 3.8) is 0 Å². The summed E-state index contributed by atoms with van der Waals surface area (Å²) < 4.78 is 16.2. The molecule has 2 N–H and O–H groups in total. The Morgan fingerprint density at radius 3 is 2.53 bits per heavy atom. The smallest absolute Gasteiger partial charge is 0.253 e. The highest BCUT2D eigenvalue weighted by molar-refractivity contribution is 6.01. The number of para-hydroxylation sites is 1. The van der Waals surface area contributed by atoms with E-state index in [-0.39, 0.29) is 18.4 Å². The van der Waals surface area contributed by atoms with Crippen LogP contribution in [0.25, 0.3) is 0 Å². The second kappa shape index (κ2) is 9.98. The Morgan fingerprint density at radius 2 is 1.87 bits per heavy atom. The second-order valence-corrected chi connectivity index (χ2v) is 6.85. The molecule has 0 radical (unpaired) electrons. The molecular formula is C22H27N3O5. The summed E-state index contributed by atoms with van der Waals surface area (Å²) in [4.78, 5) is 26.6. The van der Waals surface area contributed by atoms with E-state index >= 15 is 0 Å². The molecule has 0 aromatic heterocycles. The summed E-state index contributed by atoms with van der Waals surface area (Å²) in [5.74, 6) is 0.827. The molecule has 0 unspecified atom stereocenters. The van der Waals surface area contributed by atoms with Gasteiger partial charge in [-0.3, -0.25) is 9.59 Å². The van der Waals surface area contributed by atoms with E-state index in [9.17, 15) is 9.59 Å². The Labute approximate surface area is 176 Å². The van der Waals surface area contributed by atoms with Gasteiger partial charge in [0, 0.05) is 37.8 Å². The van der Waals surface area contributed by atoms with Crippen molar-refractivity contribution in [2.24, 2.45) is 0 Å². The van der Waals surface area contributed by atoms with Crippen molar-refractivity contribution in [3.05, 3.63) is 47.5 Å². The Bertz CT molecular complexity index is 910. The Balaban J connectivity index is 1.83. The lowest BCUT2D eigenvalue weighted by Crippen LogP contribution is -2.38. The third kappa shape index (κ3) is 5.01. The SMILES string of the molecule is COc1cccc(CNC(=O)c2ccc(NC(C)=O)cc2N2CCOCC2)c1OC. The standard InChI is InChI=1S/C22H27N3O5/c1-15(26)24-17-7-8-18(19(13-17)25-9-11-30-12-10-25)22(27)23-14-16-5-4-6-20(28-2)21(16)29-3/h4-8,13H,9-12,14H2,1-3H3,(H,23,27)(H,24,26). The molecule has 1 heterocycles. The maximum Gasteiger partial charge on any atom is 0.253 e. The highest BCUT2D eigenvalue weighted by atomic mass is 16.5. The van der Waals surface area contributed by atoms with Crippen molar-refractivity contribution in [2.75, 3.05) is 50.7 Å². The van der Waals surface area contributed by atoms with Crippen molar-refractivity contribution in [1.29, 1.82) is 0 Å². The van der Waals surface area contributed by atoms with Gasteiger partial charge in [-0.15, -0.1) is 0 Å². The van der Waals surface area contributed by atoms with Crippen LogP contribution in [-0.2, 0) is 16.1 Å². The molecule has 2 amide bonds. The van der Waals surface area contributed by atoms with Gasteiger partial charge >= 0.3 is 0 Å². The van der Waals surface area contributed by atoms with Crippen LogP contribution in [0.5, 0.6) is 11.5 Å². The Kier molecular flexibility index (Phi) is 7.13. The summed E-state index contributed by atoms with van der Waals surface area (Å²) in [5.41, 5.74) is 2.76. The molecule has 1 saturated heterocycles. The second-order valence-electron chi connectivity index (χ2n) is 6.85. The summed E-state index contributed by atoms with van der Waals surface area (Å²) in [6.07, 6.45) is 0. The molecule has 8 heteroatoms. The van der Waals surface area contributed by atoms with Crippen LogP contribution in [0.15, 0.2) is 36.4 Å². The number of ether oxygens (including phenoxy) is 3. The van der Waals surface area contributed by atoms with Crippen molar-refractivity contribution in [2.45, 2.75) is 13.5 Å². The van der Waals surface area contributed by atoms with Gasteiger partial charge in [0.1, 0.15) is 0 Å². The van der Waals surface area contributed by atoms with Crippen molar-refractivity contribution in [3.8, 4) is 11.5 Å². The Morgan fingerprint density at radius 1 is 1.10 bits per heavy atom. The average molecular weight is 413 g/mol. The van der Waals surface area contributed by atoms with Crippen LogP contribution in [0.4, 0.5) is 11.4 Å². The molecular weight excluding hydrogens is 386 g/mol. The minimum atomic E-state index is -0.212. The van der Waals surface area contributed by atoms with Gasteiger partial charge in [-0.05, 0) is 24.3 Å². The van der Waals surface area contributed by atoms with Crippen LogP contribution in [0.1, 0.15) is 22.8 Å². The summed E-state index contributed by atoms with van der Waals surface area (Å²) in [6.45, 7) is 4.27. The van der Waals surface area contributed by atoms with Gasteiger partial charge in [-0.2, -0.15) is 0 Å². The predicted molar refractivity (Wildman–Crippen MR) is 114 cm³/mol. The van der Waals surface area contributed by atoms with E-state index in [0.717, 1.165) is 11.3 Å². The summed E-state index contributed by atoms with van der Waals surface area (Å²) in [7, 11) is 3.14. The molecule has 8 nitrogen and oxygen atoms in total. The molecule has 1 fully saturated rings. The van der Waals surface area contributed by atoms with Gasteiger partial charge in [0.2, 0.25) is 5.91 Å². The minimum absolute atomic E-state index is 0.162. The lowest BCUT2D eigenvalue weighted by atomic mass is 10.1. The van der Waals surface area contributed by atoms with Crippen LogP contribution in [-0.4, -0.2) is 52.3 Å². The van der Waals surface area contributed by atoms with Crippen molar-refractivity contribution in [1.82, 2.24) is 5.32 Å². The van der Waals surface area contributed by atoms with Crippen LogP contribution in [0.3, 0.4) is 0 Å². The van der Waals surface area contributed by atoms with Gasteiger partial charge in [0.25, 0.3) is 5.91 Å². The number of anilines is 2. The van der Waals surface area contributed by atoms with Gasteiger partial charge < -0.3 is 29.7 Å². The third-order valence-electron chi connectivity index (χ3n) is 4.84. The third-order valence-corrected chi connectivity index (χ3v) is 4.84. The maximum atomic E-state index is 13.0. The number of carbonyl (C=O) groups is 2. The molecule has 2 aromatic rings. The molecule has 0 spiro atoms. The lowest BCUT2D eigenvalue weighted by molar-refractivity contribution is -0.114. The molecule has 1 aliphatic rings. The van der Waals surface area contributed by atoms with Crippen LogP contribution in [0.2, 0.25) is 0 Å². The summed E-state index contributed by atoms with van der Waals surface area (Å²) in [6, 6.07) is 10.8. The average Bonchev–Trinajstić information content (AvgIpc) is 2.77. The fraction of sp³-hybridized carbons (Fsp3) is 0.364. The van der Waals surface area contributed by atoms with Gasteiger partial charge in [0.05, 0.1) is 38.7 Å². The largest absolute Gasteiger partial charge is 0.493 e. The number of hydrogen-bond donors (Lipinski definition) is 2. The zero-order valence-electron chi connectivity index (χ0n) is 17.5. The number of benzene rings is 2. The number of nitrogens with one attached hydrogen (secondary N) is 2. The van der Waals surface area contributed by atoms with Crippen molar-refractivity contribution < 1.29 is 23.8 Å². The van der Waals surface area contributed by atoms with Gasteiger partial charge in [-0.1, -0.05) is 12.1 Å². The lowest BCUT2D eigenvalue weighted by Gasteiger charge is -2.30. The zero-order chi connectivity index (χ0) is 21.5. The number of methoxy groups -OCH3 is 2. The summed E-state index contributed by atoms with van der Waals surface area (Å²) >= 11 is 0. The van der Waals surface area contributed by atoms with Crippen molar-refractivity contribution >= 4 is 23.2 Å². The molecule has 0 atom stereocenters. The number of rotatable bonds is 7. The molecule has 0 bridgehead atoms. The number of nitrogens with zero attached hydrogens (tertiary/aromatic N) is 1. The molecule has 30 heavy (non-hydrogen) atoms. The normalized spacial score (nSPS) is 13.5. The molecule has 2 aromatic carbocycles. The van der Waals surface area contributed by atoms with E-state index in [0.29, 0.717) is 49.1 Å². The van der Waals surface area contributed by atoms with Gasteiger partial charge in [-0.25, -0.2) is 0 Å². The van der Waals surface area contributed by atoms with Crippen LogP contribution in [0, 0.1) is 0 Å². The topological polar surface area (TPSA) is 89.1 Å². The molecule has 0 saturated carbocycles. The first-order valence-electron chi connectivity index (χ1n) is 9.76. The fourth-order valence-electron chi connectivity index (χ4n) is 3.43.